The lowest BCUT2D eigenvalue weighted by Gasteiger charge is -2.20. The van der Waals surface area contributed by atoms with E-state index in [2.05, 4.69) is 28.6 Å². The van der Waals surface area contributed by atoms with Crippen LogP contribution in [0.15, 0.2) is 48.5 Å². The Morgan fingerprint density at radius 2 is 2.00 bits per heavy atom. The molecule has 0 radical (unpaired) electrons. The number of nitrogens with zero attached hydrogens (tertiary/aromatic N) is 2. The SMILES string of the molecule is Cc1nn(Cc2ccccc2)c(C)c1CC(=O)NC(C)c1ccc2c(c1)CCCO2. The molecule has 1 aromatic heterocycles. The van der Waals surface area contributed by atoms with Crippen molar-refractivity contribution in [3.63, 3.8) is 0 Å². The second-order valence-electron chi connectivity index (χ2n) is 8.08. The van der Waals surface area contributed by atoms with Crippen LogP contribution in [0.25, 0.3) is 0 Å². The molecule has 5 heteroatoms. The zero-order valence-corrected chi connectivity index (χ0v) is 17.9. The van der Waals surface area contributed by atoms with Crippen molar-refractivity contribution < 1.29 is 9.53 Å². The van der Waals surface area contributed by atoms with E-state index < -0.39 is 0 Å². The third-order valence-electron chi connectivity index (χ3n) is 5.85. The predicted molar refractivity (Wildman–Crippen MR) is 118 cm³/mol. The molecule has 2 heterocycles. The quantitative estimate of drug-likeness (QED) is 0.668. The average Bonchev–Trinajstić information content (AvgIpc) is 3.01. The molecule has 0 saturated carbocycles. The second kappa shape index (κ2) is 8.74. The Morgan fingerprint density at radius 1 is 1.20 bits per heavy atom. The predicted octanol–water partition coefficient (Wildman–Crippen LogP) is 4.29. The fourth-order valence-electron chi connectivity index (χ4n) is 4.09. The van der Waals surface area contributed by atoms with Crippen LogP contribution in [0.3, 0.4) is 0 Å². The van der Waals surface area contributed by atoms with Crippen molar-refractivity contribution in [3.05, 3.63) is 82.2 Å². The summed E-state index contributed by atoms with van der Waals surface area (Å²) < 4.78 is 7.68. The summed E-state index contributed by atoms with van der Waals surface area (Å²) in [5, 5.41) is 7.81. The summed E-state index contributed by atoms with van der Waals surface area (Å²) in [5.41, 5.74) is 6.51. The number of hydrogen-bond donors (Lipinski definition) is 1. The molecular formula is C25H29N3O2. The Morgan fingerprint density at radius 3 is 2.80 bits per heavy atom. The molecule has 0 saturated heterocycles. The molecular weight excluding hydrogens is 374 g/mol. The van der Waals surface area contributed by atoms with Crippen molar-refractivity contribution in [3.8, 4) is 5.75 Å². The van der Waals surface area contributed by atoms with Crippen LogP contribution in [-0.2, 0) is 24.2 Å². The Hall–Kier alpha value is -3.08. The maximum atomic E-state index is 12.8. The maximum absolute atomic E-state index is 12.8. The lowest BCUT2D eigenvalue weighted by Crippen LogP contribution is -2.28. The number of fused-ring (bicyclic) bond motifs is 1. The Kier molecular flexibility index (Phi) is 5.88. The summed E-state index contributed by atoms with van der Waals surface area (Å²) in [6.45, 7) is 7.54. The number of aryl methyl sites for hydroxylation is 2. The van der Waals surface area contributed by atoms with Gasteiger partial charge in [0.15, 0.2) is 0 Å². The molecule has 30 heavy (non-hydrogen) atoms. The van der Waals surface area contributed by atoms with Crippen LogP contribution in [0.2, 0.25) is 0 Å². The van der Waals surface area contributed by atoms with Gasteiger partial charge in [-0.1, -0.05) is 42.5 Å². The molecule has 1 aliphatic rings. The number of nitrogens with one attached hydrogen (secondary N) is 1. The molecule has 156 valence electrons. The first-order chi connectivity index (χ1) is 14.5. The molecule has 1 aliphatic heterocycles. The van der Waals surface area contributed by atoms with Crippen LogP contribution in [0.1, 0.15) is 53.0 Å². The van der Waals surface area contributed by atoms with Gasteiger partial charge in [0.05, 0.1) is 31.3 Å². The van der Waals surface area contributed by atoms with Crippen molar-refractivity contribution in [2.75, 3.05) is 6.61 Å². The molecule has 1 atom stereocenters. The molecule has 1 unspecified atom stereocenters. The number of benzene rings is 2. The molecule has 0 spiro atoms. The third-order valence-corrected chi connectivity index (χ3v) is 5.85. The highest BCUT2D eigenvalue weighted by Gasteiger charge is 2.18. The van der Waals surface area contributed by atoms with E-state index in [1.165, 1.54) is 11.1 Å². The van der Waals surface area contributed by atoms with E-state index >= 15 is 0 Å². The van der Waals surface area contributed by atoms with Crippen LogP contribution in [0.5, 0.6) is 5.75 Å². The minimum atomic E-state index is -0.0512. The fourth-order valence-corrected chi connectivity index (χ4v) is 4.09. The number of carbonyl (C=O) groups excluding carboxylic acids is 1. The molecule has 3 aromatic rings. The highest BCUT2D eigenvalue weighted by atomic mass is 16.5. The average molecular weight is 404 g/mol. The van der Waals surface area contributed by atoms with Crippen molar-refractivity contribution in [1.82, 2.24) is 15.1 Å². The molecule has 0 bridgehead atoms. The number of amides is 1. The van der Waals surface area contributed by atoms with E-state index in [-0.39, 0.29) is 11.9 Å². The van der Waals surface area contributed by atoms with Gasteiger partial charge in [0, 0.05) is 11.3 Å². The van der Waals surface area contributed by atoms with Crippen LogP contribution in [0.4, 0.5) is 0 Å². The number of rotatable bonds is 6. The van der Waals surface area contributed by atoms with Crippen molar-refractivity contribution in [1.29, 1.82) is 0 Å². The van der Waals surface area contributed by atoms with Crippen LogP contribution in [-0.4, -0.2) is 22.3 Å². The van der Waals surface area contributed by atoms with E-state index in [0.717, 1.165) is 47.7 Å². The fraction of sp³-hybridized carbons (Fsp3) is 0.360. The number of ether oxygens (including phenoxy) is 1. The first-order valence-corrected chi connectivity index (χ1v) is 10.6. The van der Waals surface area contributed by atoms with Gasteiger partial charge < -0.3 is 10.1 Å². The molecule has 1 amide bonds. The highest BCUT2D eigenvalue weighted by molar-refractivity contribution is 5.79. The van der Waals surface area contributed by atoms with E-state index in [4.69, 9.17) is 4.74 Å². The summed E-state index contributed by atoms with van der Waals surface area (Å²) >= 11 is 0. The van der Waals surface area contributed by atoms with Crippen molar-refractivity contribution >= 4 is 5.91 Å². The van der Waals surface area contributed by atoms with Crippen molar-refractivity contribution in [2.45, 2.75) is 52.6 Å². The summed E-state index contributed by atoms with van der Waals surface area (Å²) in [6.07, 6.45) is 2.41. The van der Waals surface area contributed by atoms with Gasteiger partial charge in [-0.2, -0.15) is 5.10 Å². The minimum absolute atomic E-state index is 0.0157. The van der Waals surface area contributed by atoms with Crippen LogP contribution >= 0.6 is 0 Å². The van der Waals surface area contributed by atoms with Gasteiger partial charge in [0.25, 0.3) is 0 Å². The number of carbonyl (C=O) groups is 1. The number of aromatic nitrogens is 2. The lowest BCUT2D eigenvalue weighted by molar-refractivity contribution is -0.121. The van der Waals surface area contributed by atoms with E-state index in [1.807, 2.05) is 55.8 Å². The molecule has 4 rings (SSSR count). The Labute approximate surface area is 178 Å². The zero-order chi connectivity index (χ0) is 21.1. The van der Waals surface area contributed by atoms with E-state index in [0.29, 0.717) is 13.0 Å². The van der Waals surface area contributed by atoms with E-state index in [9.17, 15) is 4.79 Å². The normalized spacial score (nSPS) is 14.0. The van der Waals surface area contributed by atoms with Gasteiger partial charge in [0.1, 0.15) is 5.75 Å². The van der Waals surface area contributed by atoms with Crippen LogP contribution in [0, 0.1) is 13.8 Å². The summed E-state index contributed by atoms with van der Waals surface area (Å²) in [6, 6.07) is 16.4. The smallest absolute Gasteiger partial charge is 0.225 e. The van der Waals surface area contributed by atoms with Gasteiger partial charge in [-0.05, 0) is 56.4 Å². The molecule has 2 aromatic carbocycles. The second-order valence-corrected chi connectivity index (χ2v) is 8.08. The first-order valence-electron chi connectivity index (χ1n) is 10.6. The van der Waals surface area contributed by atoms with Gasteiger partial charge >= 0.3 is 0 Å². The Bertz CT molecular complexity index is 1040. The van der Waals surface area contributed by atoms with Gasteiger partial charge in [-0.25, -0.2) is 0 Å². The van der Waals surface area contributed by atoms with Gasteiger partial charge in [0.2, 0.25) is 5.91 Å². The van der Waals surface area contributed by atoms with Gasteiger partial charge in [-0.15, -0.1) is 0 Å². The zero-order valence-electron chi connectivity index (χ0n) is 17.9. The van der Waals surface area contributed by atoms with Crippen LogP contribution < -0.4 is 10.1 Å². The lowest BCUT2D eigenvalue weighted by atomic mass is 10.00. The molecule has 0 fully saturated rings. The standard InChI is InChI=1S/C25H29N3O2/c1-17(21-11-12-24-22(14-21)10-7-13-30-24)26-25(29)15-23-18(2)27-28(19(23)3)16-20-8-5-4-6-9-20/h4-6,8-9,11-12,14,17H,7,10,13,15-16H2,1-3H3,(H,26,29). The largest absolute Gasteiger partial charge is 0.493 e. The summed E-state index contributed by atoms with van der Waals surface area (Å²) in [5.74, 6) is 0.988. The van der Waals surface area contributed by atoms with Crippen molar-refractivity contribution in [2.24, 2.45) is 0 Å². The maximum Gasteiger partial charge on any atom is 0.225 e. The van der Waals surface area contributed by atoms with Gasteiger partial charge in [-0.3, -0.25) is 9.48 Å². The first kappa shape index (κ1) is 20.2. The highest BCUT2D eigenvalue weighted by Crippen LogP contribution is 2.28. The summed E-state index contributed by atoms with van der Waals surface area (Å²) in [4.78, 5) is 12.8. The molecule has 5 nitrogen and oxygen atoms in total. The number of hydrogen-bond acceptors (Lipinski definition) is 3. The summed E-state index contributed by atoms with van der Waals surface area (Å²) in [7, 11) is 0. The minimum Gasteiger partial charge on any atom is -0.493 e. The topological polar surface area (TPSA) is 56.2 Å². The van der Waals surface area contributed by atoms with E-state index in [1.54, 1.807) is 0 Å². The third kappa shape index (κ3) is 4.40. The molecule has 1 N–H and O–H groups in total. The molecule has 0 aliphatic carbocycles. The Balaban J connectivity index is 1.42. The monoisotopic (exact) mass is 403 g/mol.